The van der Waals surface area contributed by atoms with Crippen LogP contribution in [0.5, 0.6) is 0 Å². The molecule has 1 aliphatic rings. The van der Waals surface area contributed by atoms with Gasteiger partial charge in [-0.05, 0) is 36.6 Å². The highest BCUT2D eigenvalue weighted by molar-refractivity contribution is 7.99. The third kappa shape index (κ3) is 4.04. The molecule has 0 N–H and O–H groups in total. The first kappa shape index (κ1) is 18.3. The molecule has 0 aliphatic carbocycles. The van der Waals surface area contributed by atoms with Crippen molar-refractivity contribution in [3.63, 3.8) is 0 Å². The standard InChI is InChI=1S/C21H24ClNOS/c1-3-4-8-19(24)16-10-11-21-18(12-16)23(14-15(2)13-22)17-7-5-6-9-20(17)25-21/h5-7,9-12,15H,3-4,8,13-14H2,1-2H3. The first-order valence-corrected chi connectivity index (χ1v) is 10.3. The van der Waals surface area contributed by atoms with Gasteiger partial charge in [-0.15, -0.1) is 11.6 Å². The lowest BCUT2D eigenvalue weighted by molar-refractivity contribution is 0.0979. The van der Waals surface area contributed by atoms with Crippen LogP contribution in [0.25, 0.3) is 0 Å². The Morgan fingerprint density at radius 3 is 2.68 bits per heavy atom. The molecule has 3 rings (SSSR count). The normalized spacial score (nSPS) is 14.0. The minimum absolute atomic E-state index is 0.235. The van der Waals surface area contributed by atoms with Crippen LogP contribution in [0.4, 0.5) is 11.4 Å². The summed E-state index contributed by atoms with van der Waals surface area (Å²) in [7, 11) is 0. The Morgan fingerprint density at radius 2 is 1.92 bits per heavy atom. The van der Waals surface area contributed by atoms with E-state index in [9.17, 15) is 4.79 Å². The zero-order chi connectivity index (χ0) is 17.8. The van der Waals surface area contributed by atoms with Crippen molar-refractivity contribution in [3.05, 3.63) is 48.0 Å². The maximum absolute atomic E-state index is 12.5. The summed E-state index contributed by atoms with van der Waals surface area (Å²) >= 11 is 7.85. The number of para-hydroxylation sites is 1. The second-order valence-electron chi connectivity index (χ2n) is 6.65. The van der Waals surface area contributed by atoms with Crippen molar-refractivity contribution in [2.24, 2.45) is 5.92 Å². The van der Waals surface area contributed by atoms with Gasteiger partial charge in [-0.3, -0.25) is 4.79 Å². The largest absolute Gasteiger partial charge is 0.339 e. The highest BCUT2D eigenvalue weighted by atomic mass is 35.5. The fourth-order valence-corrected chi connectivity index (χ4v) is 4.22. The molecule has 0 fully saturated rings. The minimum Gasteiger partial charge on any atom is -0.339 e. The molecule has 4 heteroatoms. The number of hydrogen-bond donors (Lipinski definition) is 0. The average Bonchev–Trinajstić information content (AvgIpc) is 2.65. The monoisotopic (exact) mass is 373 g/mol. The maximum Gasteiger partial charge on any atom is 0.162 e. The lowest BCUT2D eigenvalue weighted by Crippen LogP contribution is -2.27. The predicted octanol–water partition coefficient (Wildman–Crippen LogP) is 6.54. The number of anilines is 2. The molecule has 1 unspecified atom stereocenters. The maximum atomic E-state index is 12.5. The van der Waals surface area contributed by atoms with E-state index in [1.165, 1.54) is 15.5 Å². The molecule has 1 atom stereocenters. The fourth-order valence-electron chi connectivity index (χ4n) is 3.04. The number of hydrogen-bond acceptors (Lipinski definition) is 3. The van der Waals surface area contributed by atoms with Crippen molar-refractivity contribution in [1.29, 1.82) is 0 Å². The van der Waals surface area contributed by atoms with Crippen molar-refractivity contribution in [3.8, 4) is 0 Å². The molecule has 2 aromatic rings. The predicted molar refractivity (Wildman–Crippen MR) is 108 cm³/mol. The number of halogens is 1. The number of alkyl halides is 1. The number of Topliss-reactive ketones (excluding diaryl/α,β-unsaturated/α-hetero) is 1. The lowest BCUT2D eigenvalue weighted by atomic mass is 10.0. The molecule has 0 spiro atoms. The number of unbranched alkanes of at least 4 members (excludes halogenated alkanes) is 1. The molecule has 0 bridgehead atoms. The van der Waals surface area contributed by atoms with Gasteiger partial charge in [0.2, 0.25) is 0 Å². The number of benzene rings is 2. The Balaban J connectivity index is 1.99. The molecule has 25 heavy (non-hydrogen) atoms. The van der Waals surface area contributed by atoms with Crippen molar-refractivity contribution in [1.82, 2.24) is 0 Å². The van der Waals surface area contributed by atoms with E-state index in [0.29, 0.717) is 18.2 Å². The van der Waals surface area contributed by atoms with Gasteiger partial charge in [-0.2, -0.15) is 0 Å². The number of nitrogens with zero attached hydrogens (tertiary/aromatic N) is 1. The van der Waals surface area contributed by atoms with Gasteiger partial charge in [0.1, 0.15) is 0 Å². The Bertz CT molecular complexity index is 761. The molecule has 2 nitrogen and oxygen atoms in total. The Hall–Kier alpha value is -1.45. The van der Waals surface area contributed by atoms with Gasteiger partial charge in [-0.1, -0.05) is 50.2 Å². The van der Waals surface area contributed by atoms with E-state index in [2.05, 4.69) is 55.1 Å². The zero-order valence-electron chi connectivity index (χ0n) is 14.8. The number of fused-ring (bicyclic) bond motifs is 2. The van der Waals surface area contributed by atoms with Gasteiger partial charge in [0, 0.05) is 34.2 Å². The van der Waals surface area contributed by atoms with Crippen molar-refractivity contribution >= 4 is 40.5 Å². The van der Waals surface area contributed by atoms with Gasteiger partial charge < -0.3 is 4.90 Å². The van der Waals surface area contributed by atoms with Crippen LogP contribution in [0.2, 0.25) is 0 Å². The first-order chi connectivity index (χ1) is 12.1. The number of carbonyl (C=O) groups is 1. The lowest BCUT2D eigenvalue weighted by Gasteiger charge is -2.34. The van der Waals surface area contributed by atoms with Gasteiger partial charge in [0.05, 0.1) is 11.4 Å². The summed E-state index contributed by atoms with van der Waals surface area (Å²) in [5.41, 5.74) is 3.15. The Kier molecular flexibility index (Phi) is 6.08. The highest BCUT2D eigenvalue weighted by Gasteiger charge is 2.25. The Labute approximate surface area is 159 Å². The van der Waals surface area contributed by atoms with Crippen LogP contribution < -0.4 is 4.90 Å². The van der Waals surface area contributed by atoms with E-state index in [4.69, 9.17) is 11.6 Å². The quantitative estimate of drug-likeness (QED) is 0.406. The van der Waals surface area contributed by atoms with Crippen LogP contribution in [-0.2, 0) is 0 Å². The van der Waals surface area contributed by atoms with Crippen LogP contribution in [0.3, 0.4) is 0 Å². The van der Waals surface area contributed by atoms with Gasteiger partial charge in [0.25, 0.3) is 0 Å². The summed E-state index contributed by atoms with van der Waals surface area (Å²) < 4.78 is 0. The van der Waals surface area contributed by atoms with Gasteiger partial charge in [-0.25, -0.2) is 0 Å². The van der Waals surface area contributed by atoms with Crippen LogP contribution in [0, 0.1) is 5.92 Å². The van der Waals surface area contributed by atoms with Crippen molar-refractivity contribution < 1.29 is 4.79 Å². The third-order valence-corrected chi connectivity index (χ3v) is 6.12. The van der Waals surface area contributed by atoms with Gasteiger partial charge in [0.15, 0.2) is 5.78 Å². The summed E-state index contributed by atoms with van der Waals surface area (Å²) in [6.45, 7) is 5.12. The molecule has 0 saturated carbocycles. The summed E-state index contributed by atoms with van der Waals surface area (Å²) in [5, 5.41) is 0. The van der Waals surface area contributed by atoms with Crippen LogP contribution >= 0.6 is 23.4 Å². The van der Waals surface area contributed by atoms with E-state index in [1.54, 1.807) is 11.8 Å². The minimum atomic E-state index is 0.235. The molecule has 132 valence electrons. The summed E-state index contributed by atoms with van der Waals surface area (Å²) in [6, 6.07) is 14.6. The second kappa shape index (κ2) is 8.29. The van der Waals surface area contributed by atoms with E-state index in [-0.39, 0.29) is 5.78 Å². The molecular weight excluding hydrogens is 350 g/mol. The fraction of sp³-hybridized carbons (Fsp3) is 0.381. The summed E-state index contributed by atoms with van der Waals surface area (Å²) in [5.74, 6) is 1.22. The van der Waals surface area contributed by atoms with Crippen LogP contribution in [0.15, 0.2) is 52.3 Å². The molecule has 1 heterocycles. The topological polar surface area (TPSA) is 20.3 Å². The van der Waals surface area contributed by atoms with Crippen LogP contribution in [-0.4, -0.2) is 18.2 Å². The molecule has 1 aliphatic heterocycles. The number of ketones is 1. The molecular formula is C21H24ClNOS. The molecule has 0 saturated heterocycles. The Morgan fingerprint density at radius 1 is 1.16 bits per heavy atom. The van der Waals surface area contributed by atoms with Gasteiger partial charge >= 0.3 is 0 Å². The SMILES string of the molecule is CCCCC(=O)c1ccc2c(c1)N(CC(C)CCl)c1ccccc1S2. The average molecular weight is 374 g/mol. The molecule has 0 amide bonds. The molecule has 0 radical (unpaired) electrons. The van der Waals surface area contributed by atoms with E-state index in [0.717, 1.165) is 30.6 Å². The van der Waals surface area contributed by atoms with Crippen LogP contribution in [0.1, 0.15) is 43.5 Å². The van der Waals surface area contributed by atoms with E-state index < -0.39 is 0 Å². The highest BCUT2D eigenvalue weighted by Crippen LogP contribution is 2.48. The van der Waals surface area contributed by atoms with Crippen molar-refractivity contribution in [2.75, 3.05) is 17.3 Å². The second-order valence-corrected chi connectivity index (χ2v) is 8.04. The number of rotatable bonds is 7. The molecule has 2 aromatic carbocycles. The van der Waals surface area contributed by atoms with E-state index in [1.807, 2.05) is 6.07 Å². The smallest absolute Gasteiger partial charge is 0.162 e. The first-order valence-electron chi connectivity index (χ1n) is 8.91. The zero-order valence-corrected chi connectivity index (χ0v) is 16.4. The summed E-state index contributed by atoms with van der Waals surface area (Å²) in [6.07, 6.45) is 2.61. The van der Waals surface area contributed by atoms with E-state index >= 15 is 0 Å². The van der Waals surface area contributed by atoms with Crippen molar-refractivity contribution in [2.45, 2.75) is 42.9 Å². The third-order valence-electron chi connectivity index (χ3n) is 4.46. The number of carbonyl (C=O) groups excluding carboxylic acids is 1. The molecule has 0 aromatic heterocycles. The summed E-state index contributed by atoms with van der Waals surface area (Å²) in [4.78, 5) is 17.3.